The Labute approximate surface area is 143 Å². The molecular weight excluding hydrogens is 333 g/mol. The lowest BCUT2D eigenvalue weighted by molar-refractivity contribution is 0.103. The van der Waals surface area contributed by atoms with Crippen LogP contribution in [-0.4, -0.2) is 10.8 Å². The van der Waals surface area contributed by atoms with E-state index >= 15 is 0 Å². The highest BCUT2D eigenvalue weighted by Crippen LogP contribution is 2.29. The maximum absolute atomic E-state index is 12.6. The largest absolute Gasteiger partial charge is 0.457 e. The third-order valence-electron chi connectivity index (χ3n) is 3.35. The van der Waals surface area contributed by atoms with E-state index in [1.807, 2.05) is 37.3 Å². The van der Waals surface area contributed by atoms with E-state index in [0.717, 1.165) is 5.56 Å². The van der Waals surface area contributed by atoms with Gasteiger partial charge in [0.05, 0.1) is 16.3 Å². The number of aryl methyl sites for hydroxylation is 1. The van der Waals surface area contributed by atoms with Gasteiger partial charge in [-0.25, -0.2) is 0 Å². The highest BCUT2D eigenvalue weighted by atomic mass is 35.5. The molecule has 0 bridgehead atoms. The topological polar surface area (TPSA) is 42.1 Å². The van der Waals surface area contributed by atoms with Gasteiger partial charge in [-0.1, -0.05) is 53.0 Å². The standard InChI is InChI=1S/C18H13Cl2NO2/c1-11-6-8-12(9-7-11)23-16-5-3-2-4-13(16)17(22)15-10-14(19)18(20)21-15/h2-10,21H,1H3. The van der Waals surface area contributed by atoms with Crippen molar-refractivity contribution in [3.05, 3.63) is 81.6 Å². The molecule has 5 heteroatoms. The van der Waals surface area contributed by atoms with E-state index in [0.29, 0.717) is 27.8 Å². The lowest BCUT2D eigenvalue weighted by Crippen LogP contribution is -2.04. The van der Waals surface area contributed by atoms with Crippen LogP contribution in [0, 0.1) is 6.92 Å². The summed E-state index contributed by atoms with van der Waals surface area (Å²) in [6.07, 6.45) is 0. The van der Waals surface area contributed by atoms with Gasteiger partial charge in [0.2, 0.25) is 5.78 Å². The Balaban J connectivity index is 1.94. The van der Waals surface area contributed by atoms with Gasteiger partial charge in [-0.3, -0.25) is 4.79 Å². The Morgan fingerprint density at radius 1 is 1.04 bits per heavy atom. The van der Waals surface area contributed by atoms with E-state index in [1.165, 1.54) is 6.07 Å². The first kappa shape index (κ1) is 15.7. The SMILES string of the molecule is Cc1ccc(Oc2ccccc2C(=O)c2cc(Cl)c(Cl)[nH]2)cc1. The van der Waals surface area contributed by atoms with Crippen LogP contribution < -0.4 is 4.74 Å². The second-order valence-corrected chi connectivity index (χ2v) is 5.87. The van der Waals surface area contributed by atoms with Crippen molar-refractivity contribution in [2.45, 2.75) is 6.92 Å². The number of hydrogen-bond donors (Lipinski definition) is 1. The number of halogens is 2. The molecule has 1 heterocycles. The molecule has 0 spiro atoms. The zero-order valence-electron chi connectivity index (χ0n) is 12.3. The summed E-state index contributed by atoms with van der Waals surface area (Å²) in [5, 5.41) is 0.555. The molecular formula is C18H13Cl2NO2. The van der Waals surface area contributed by atoms with Gasteiger partial charge in [0.15, 0.2) is 0 Å². The van der Waals surface area contributed by atoms with Crippen LogP contribution in [-0.2, 0) is 0 Å². The van der Waals surface area contributed by atoms with Crippen LogP contribution in [0.5, 0.6) is 11.5 Å². The second kappa shape index (κ2) is 6.49. The minimum Gasteiger partial charge on any atom is -0.457 e. The molecule has 0 aliphatic heterocycles. The molecule has 0 radical (unpaired) electrons. The number of carbonyl (C=O) groups excluding carboxylic acids is 1. The molecule has 0 unspecified atom stereocenters. The predicted octanol–water partition coefficient (Wildman–Crippen LogP) is 5.65. The number of nitrogens with one attached hydrogen (secondary N) is 1. The fourth-order valence-corrected chi connectivity index (χ4v) is 2.46. The molecule has 1 N–H and O–H groups in total. The third-order valence-corrected chi connectivity index (χ3v) is 4.04. The first-order valence-corrected chi connectivity index (χ1v) is 7.72. The van der Waals surface area contributed by atoms with E-state index in [2.05, 4.69) is 4.98 Å². The lowest BCUT2D eigenvalue weighted by atomic mass is 10.1. The average Bonchev–Trinajstić information content (AvgIpc) is 2.89. The maximum atomic E-state index is 12.6. The number of ketones is 1. The first-order chi connectivity index (χ1) is 11.0. The molecule has 0 saturated carbocycles. The van der Waals surface area contributed by atoms with Crippen molar-refractivity contribution < 1.29 is 9.53 Å². The van der Waals surface area contributed by atoms with Crippen molar-refractivity contribution in [2.75, 3.05) is 0 Å². The number of H-pyrrole nitrogens is 1. The van der Waals surface area contributed by atoms with E-state index in [-0.39, 0.29) is 10.9 Å². The van der Waals surface area contributed by atoms with Crippen LogP contribution in [0.1, 0.15) is 21.6 Å². The summed E-state index contributed by atoms with van der Waals surface area (Å²) in [6.45, 7) is 2.00. The smallest absolute Gasteiger partial charge is 0.213 e. The number of hydrogen-bond acceptors (Lipinski definition) is 2. The molecule has 0 fully saturated rings. The monoisotopic (exact) mass is 345 g/mol. The van der Waals surface area contributed by atoms with E-state index in [9.17, 15) is 4.79 Å². The van der Waals surface area contributed by atoms with E-state index in [4.69, 9.17) is 27.9 Å². The Morgan fingerprint density at radius 3 is 2.39 bits per heavy atom. The first-order valence-electron chi connectivity index (χ1n) is 6.97. The van der Waals surface area contributed by atoms with Crippen LogP contribution in [0.25, 0.3) is 0 Å². The summed E-state index contributed by atoms with van der Waals surface area (Å²) in [7, 11) is 0. The zero-order chi connectivity index (χ0) is 16.4. The Morgan fingerprint density at radius 2 is 1.74 bits per heavy atom. The highest BCUT2D eigenvalue weighted by molar-refractivity contribution is 6.41. The van der Waals surface area contributed by atoms with E-state index < -0.39 is 0 Å². The van der Waals surface area contributed by atoms with Crippen molar-refractivity contribution in [1.82, 2.24) is 4.98 Å². The summed E-state index contributed by atoms with van der Waals surface area (Å²) < 4.78 is 5.84. The Kier molecular flexibility index (Phi) is 4.42. The molecule has 1 aromatic heterocycles. The van der Waals surface area contributed by atoms with Crippen LogP contribution in [0.3, 0.4) is 0 Å². The summed E-state index contributed by atoms with van der Waals surface area (Å²) in [6, 6.07) is 16.2. The van der Waals surface area contributed by atoms with Crippen molar-refractivity contribution >= 4 is 29.0 Å². The van der Waals surface area contributed by atoms with Gasteiger partial charge in [0.25, 0.3) is 0 Å². The van der Waals surface area contributed by atoms with Crippen molar-refractivity contribution in [2.24, 2.45) is 0 Å². The lowest BCUT2D eigenvalue weighted by Gasteiger charge is -2.10. The third kappa shape index (κ3) is 3.41. The molecule has 0 atom stereocenters. The van der Waals surface area contributed by atoms with Crippen LogP contribution in [0.4, 0.5) is 0 Å². The van der Waals surface area contributed by atoms with Crippen LogP contribution in [0.2, 0.25) is 10.2 Å². The molecule has 0 saturated heterocycles. The van der Waals surface area contributed by atoms with Gasteiger partial charge in [-0.15, -0.1) is 0 Å². The number of aromatic nitrogens is 1. The van der Waals surface area contributed by atoms with Gasteiger partial charge < -0.3 is 9.72 Å². The number of rotatable bonds is 4. The van der Waals surface area contributed by atoms with Crippen LogP contribution >= 0.6 is 23.2 Å². The zero-order valence-corrected chi connectivity index (χ0v) is 13.8. The van der Waals surface area contributed by atoms with Gasteiger partial charge in [0.1, 0.15) is 16.7 Å². The van der Waals surface area contributed by atoms with Gasteiger partial charge in [0, 0.05) is 0 Å². The maximum Gasteiger partial charge on any atom is 0.213 e. The highest BCUT2D eigenvalue weighted by Gasteiger charge is 2.18. The van der Waals surface area contributed by atoms with Gasteiger partial charge >= 0.3 is 0 Å². The van der Waals surface area contributed by atoms with Crippen molar-refractivity contribution in [3.8, 4) is 11.5 Å². The summed E-state index contributed by atoms with van der Waals surface area (Å²) >= 11 is 11.8. The molecule has 23 heavy (non-hydrogen) atoms. The molecule has 0 amide bonds. The molecule has 3 nitrogen and oxygen atoms in total. The Bertz CT molecular complexity index is 834. The fraction of sp³-hybridized carbons (Fsp3) is 0.0556. The van der Waals surface area contributed by atoms with Crippen LogP contribution in [0.15, 0.2) is 54.6 Å². The number of ether oxygens (including phenoxy) is 1. The van der Waals surface area contributed by atoms with Crippen molar-refractivity contribution in [1.29, 1.82) is 0 Å². The number of carbonyl (C=O) groups is 1. The minimum atomic E-state index is -0.235. The molecule has 3 aromatic rings. The molecule has 0 aliphatic carbocycles. The number of para-hydroxylation sites is 1. The summed E-state index contributed by atoms with van der Waals surface area (Å²) in [5.41, 5.74) is 1.89. The average molecular weight is 346 g/mol. The van der Waals surface area contributed by atoms with Gasteiger partial charge in [-0.05, 0) is 37.3 Å². The Hall–Kier alpha value is -2.23. The van der Waals surface area contributed by atoms with Gasteiger partial charge in [-0.2, -0.15) is 0 Å². The molecule has 116 valence electrons. The fourth-order valence-electron chi connectivity index (χ4n) is 2.15. The summed E-state index contributed by atoms with van der Waals surface area (Å²) in [5.74, 6) is 0.906. The molecule has 3 rings (SSSR count). The second-order valence-electron chi connectivity index (χ2n) is 5.09. The minimum absolute atomic E-state index is 0.235. The van der Waals surface area contributed by atoms with Crippen molar-refractivity contribution in [3.63, 3.8) is 0 Å². The molecule has 0 aliphatic rings. The normalized spacial score (nSPS) is 10.6. The molecule has 2 aromatic carbocycles. The van der Waals surface area contributed by atoms with E-state index in [1.54, 1.807) is 18.2 Å². The summed E-state index contributed by atoms with van der Waals surface area (Å²) in [4.78, 5) is 15.4. The number of benzene rings is 2. The number of aromatic amines is 1. The predicted molar refractivity (Wildman–Crippen MR) is 91.9 cm³/mol. The quantitative estimate of drug-likeness (QED) is 0.620.